The molecule has 1 N–H and O–H groups in total. The summed E-state index contributed by atoms with van der Waals surface area (Å²) < 4.78 is 0. The molecule has 0 aromatic heterocycles. The molecule has 0 amide bonds. The Kier molecular flexibility index (Phi) is 5.09. The fourth-order valence-corrected chi connectivity index (χ4v) is 3.04. The van der Waals surface area contributed by atoms with Gasteiger partial charge in [-0.3, -0.25) is 4.79 Å². The molecule has 1 aliphatic rings. The van der Waals surface area contributed by atoms with Crippen LogP contribution in [0.15, 0.2) is 35.3 Å². The highest BCUT2D eigenvalue weighted by Crippen LogP contribution is 2.34. The van der Waals surface area contributed by atoms with Gasteiger partial charge in [0.1, 0.15) is 0 Å². The normalized spacial score (nSPS) is 13.4. The molecule has 2 aromatic rings. The van der Waals surface area contributed by atoms with E-state index in [2.05, 4.69) is 17.2 Å². The van der Waals surface area contributed by atoms with Gasteiger partial charge >= 0.3 is 0 Å². The number of Topliss-reactive ketones (excluding diaryl/α,β-unsaturated/α-hetero) is 1. The van der Waals surface area contributed by atoms with Crippen molar-refractivity contribution in [1.82, 2.24) is 4.90 Å². The van der Waals surface area contributed by atoms with Gasteiger partial charge in [-0.1, -0.05) is 11.6 Å². The lowest BCUT2D eigenvalue weighted by Crippen LogP contribution is -2.14. The van der Waals surface area contributed by atoms with Gasteiger partial charge in [0.15, 0.2) is 5.78 Å². The lowest BCUT2D eigenvalue weighted by Gasteiger charge is -2.13. The Hall–Kier alpha value is -2.33. The van der Waals surface area contributed by atoms with Gasteiger partial charge in [-0.25, -0.2) is 4.99 Å². The number of nitrogens with zero attached hydrogens (tertiary/aromatic N) is 2. The third-order valence-corrected chi connectivity index (χ3v) is 4.80. The summed E-state index contributed by atoms with van der Waals surface area (Å²) in [6, 6.07) is 9.73. The van der Waals surface area contributed by atoms with Gasteiger partial charge < -0.3 is 10.2 Å². The molecule has 0 heterocycles. The Balaban J connectivity index is 1.83. The molecule has 0 spiro atoms. The summed E-state index contributed by atoms with van der Waals surface area (Å²) in [7, 11) is 1.98. The number of nitrogens with one attached hydrogen (secondary N) is 1. The molecule has 130 valence electrons. The lowest BCUT2D eigenvalue weighted by molar-refractivity contribution is 0.0994. The fourth-order valence-electron chi connectivity index (χ4n) is 2.84. The second-order valence-corrected chi connectivity index (χ2v) is 6.76. The second-order valence-electron chi connectivity index (χ2n) is 6.36. The maximum absolute atomic E-state index is 11.7. The van der Waals surface area contributed by atoms with Crippen LogP contribution in [0.3, 0.4) is 0 Å². The number of rotatable bonds is 5. The van der Waals surface area contributed by atoms with Crippen molar-refractivity contribution < 1.29 is 4.79 Å². The van der Waals surface area contributed by atoms with E-state index in [0.717, 1.165) is 46.7 Å². The van der Waals surface area contributed by atoms with Crippen LogP contribution in [0, 0.1) is 6.92 Å². The van der Waals surface area contributed by atoms with Gasteiger partial charge in [0.2, 0.25) is 0 Å². The van der Waals surface area contributed by atoms with Crippen molar-refractivity contribution >= 4 is 40.8 Å². The summed E-state index contributed by atoms with van der Waals surface area (Å²) in [6.45, 7) is 4.99. The number of fused-ring (bicyclic) bond motifs is 1. The number of hydrogen-bond donors (Lipinski definition) is 1. The van der Waals surface area contributed by atoms with E-state index in [1.54, 1.807) is 0 Å². The van der Waals surface area contributed by atoms with Crippen LogP contribution in [0.2, 0.25) is 5.02 Å². The van der Waals surface area contributed by atoms with E-state index >= 15 is 0 Å². The molecule has 0 radical (unpaired) electrons. The molecule has 25 heavy (non-hydrogen) atoms. The average molecular weight is 356 g/mol. The second kappa shape index (κ2) is 7.28. The molecule has 0 aliphatic heterocycles. The maximum atomic E-state index is 11.7. The van der Waals surface area contributed by atoms with E-state index in [4.69, 9.17) is 11.6 Å². The van der Waals surface area contributed by atoms with Crippen molar-refractivity contribution in [3.8, 4) is 0 Å². The molecule has 1 aliphatic carbocycles. The first-order chi connectivity index (χ1) is 12.0. The van der Waals surface area contributed by atoms with Crippen molar-refractivity contribution in [3.63, 3.8) is 0 Å². The smallest absolute Gasteiger partial charge is 0.163 e. The quantitative estimate of drug-likeness (QED) is 0.597. The van der Waals surface area contributed by atoms with Crippen LogP contribution in [-0.4, -0.2) is 30.6 Å². The molecule has 3 rings (SSSR count). The first-order valence-corrected chi connectivity index (χ1v) is 8.83. The summed E-state index contributed by atoms with van der Waals surface area (Å²) in [6.07, 6.45) is 3.23. The Morgan fingerprint density at radius 3 is 2.84 bits per heavy atom. The molecule has 5 heteroatoms. The SMILES string of the molecule is CCN(C)/C=N\c1cc(Cl)c(Nc2ccc3c(c2)CCC3=O)cc1C. The Morgan fingerprint density at radius 2 is 2.08 bits per heavy atom. The number of aliphatic imine (C=N–C) groups is 1. The Labute approximate surface area is 153 Å². The fraction of sp³-hybridized carbons (Fsp3) is 0.300. The number of carbonyl (C=O) groups is 1. The Bertz CT molecular complexity index is 845. The molecular weight excluding hydrogens is 334 g/mol. The molecule has 0 bridgehead atoms. The summed E-state index contributed by atoms with van der Waals surface area (Å²) >= 11 is 6.44. The van der Waals surface area contributed by atoms with Crippen LogP contribution in [0.4, 0.5) is 17.1 Å². The van der Waals surface area contributed by atoms with Crippen molar-refractivity contribution in [2.75, 3.05) is 18.9 Å². The van der Waals surface area contributed by atoms with Gasteiger partial charge in [-0.15, -0.1) is 0 Å². The number of halogens is 1. The topological polar surface area (TPSA) is 44.7 Å². The predicted molar refractivity (Wildman–Crippen MR) is 105 cm³/mol. The van der Waals surface area contributed by atoms with Crippen molar-refractivity contribution in [3.05, 3.63) is 52.0 Å². The molecule has 0 atom stereocenters. The van der Waals surface area contributed by atoms with E-state index in [9.17, 15) is 4.79 Å². The van der Waals surface area contributed by atoms with Crippen molar-refractivity contribution in [1.29, 1.82) is 0 Å². The van der Waals surface area contributed by atoms with Gasteiger partial charge in [0, 0.05) is 31.3 Å². The van der Waals surface area contributed by atoms with Gasteiger partial charge in [0.05, 0.1) is 22.7 Å². The third-order valence-electron chi connectivity index (χ3n) is 4.48. The van der Waals surface area contributed by atoms with Crippen LogP contribution in [0.5, 0.6) is 0 Å². The van der Waals surface area contributed by atoms with Crippen LogP contribution < -0.4 is 5.32 Å². The first kappa shape index (κ1) is 17.5. The van der Waals surface area contributed by atoms with Crippen LogP contribution >= 0.6 is 11.6 Å². The Morgan fingerprint density at radius 1 is 1.28 bits per heavy atom. The predicted octanol–water partition coefficient (Wildman–Crippen LogP) is 5.13. The van der Waals surface area contributed by atoms with Crippen LogP contribution in [0.1, 0.15) is 34.8 Å². The summed E-state index contributed by atoms with van der Waals surface area (Å²) in [5.41, 5.74) is 5.63. The zero-order valence-electron chi connectivity index (χ0n) is 14.8. The minimum absolute atomic E-state index is 0.231. The number of hydrogen-bond acceptors (Lipinski definition) is 3. The largest absolute Gasteiger partial charge is 0.366 e. The number of ketones is 1. The van der Waals surface area contributed by atoms with Gasteiger partial charge in [-0.05, 0) is 61.7 Å². The van der Waals surface area contributed by atoms with Crippen LogP contribution in [-0.2, 0) is 6.42 Å². The number of carbonyl (C=O) groups excluding carboxylic acids is 1. The molecule has 0 saturated carbocycles. The summed E-state index contributed by atoms with van der Waals surface area (Å²) in [4.78, 5) is 18.2. The number of benzene rings is 2. The van der Waals surface area contributed by atoms with Crippen molar-refractivity contribution in [2.24, 2.45) is 4.99 Å². The molecule has 4 nitrogen and oxygen atoms in total. The minimum Gasteiger partial charge on any atom is -0.366 e. The first-order valence-electron chi connectivity index (χ1n) is 8.45. The third kappa shape index (κ3) is 3.85. The van der Waals surface area contributed by atoms with E-state index in [1.165, 1.54) is 0 Å². The highest BCUT2D eigenvalue weighted by molar-refractivity contribution is 6.33. The zero-order chi connectivity index (χ0) is 18.0. The van der Waals surface area contributed by atoms with E-state index in [1.807, 2.05) is 55.5 Å². The van der Waals surface area contributed by atoms with E-state index in [-0.39, 0.29) is 5.78 Å². The summed E-state index contributed by atoms with van der Waals surface area (Å²) in [5, 5.41) is 3.97. The molecule has 0 fully saturated rings. The van der Waals surface area contributed by atoms with Crippen LogP contribution in [0.25, 0.3) is 0 Å². The molecular formula is C20H22ClN3O. The van der Waals surface area contributed by atoms with E-state index in [0.29, 0.717) is 11.4 Å². The maximum Gasteiger partial charge on any atom is 0.163 e. The highest BCUT2D eigenvalue weighted by Gasteiger charge is 2.19. The lowest BCUT2D eigenvalue weighted by atomic mass is 10.1. The highest BCUT2D eigenvalue weighted by atomic mass is 35.5. The molecule has 2 aromatic carbocycles. The summed E-state index contributed by atoms with van der Waals surface area (Å²) in [5.74, 6) is 0.231. The minimum atomic E-state index is 0.231. The zero-order valence-corrected chi connectivity index (χ0v) is 15.5. The number of aryl methyl sites for hydroxylation is 2. The monoisotopic (exact) mass is 355 g/mol. The average Bonchev–Trinajstić information content (AvgIpc) is 2.97. The molecule has 0 unspecified atom stereocenters. The van der Waals surface area contributed by atoms with Gasteiger partial charge in [-0.2, -0.15) is 0 Å². The van der Waals surface area contributed by atoms with Crippen molar-refractivity contribution in [2.45, 2.75) is 26.7 Å². The van der Waals surface area contributed by atoms with E-state index < -0.39 is 0 Å². The van der Waals surface area contributed by atoms with Gasteiger partial charge in [0.25, 0.3) is 0 Å². The molecule has 0 saturated heterocycles. The number of anilines is 2. The standard InChI is InChI=1S/C20H22ClN3O/c1-4-24(3)12-22-18-11-17(21)19(9-13(18)2)23-15-6-7-16-14(10-15)5-8-20(16)25/h6-7,9-12,23H,4-5,8H2,1-3H3/b22-12-.